The summed E-state index contributed by atoms with van der Waals surface area (Å²) in [6.07, 6.45) is 3.32. The van der Waals surface area contributed by atoms with Gasteiger partial charge in [0.15, 0.2) is 0 Å². The summed E-state index contributed by atoms with van der Waals surface area (Å²) in [5.74, 6) is 0. The van der Waals surface area contributed by atoms with Gasteiger partial charge in [0, 0.05) is 27.8 Å². The first-order chi connectivity index (χ1) is 10.6. The van der Waals surface area contributed by atoms with E-state index in [-0.39, 0.29) is 5.56 Å². The summed E-state index contributed by atoms with van der Waals surface area (Å²) in [6, 6.07) is 9.15. The summed E-state index contributed by atoms with van der Waals surface area (Å²) in [7, 11) is 0. The lowest BCUT2D eigenvalue weighted by atomic mass is 10.1. The molecule has 1 N–H and O–H groups in total. The zero-order valence-electron chi connectivity index (χ0n) is 11.7. The maximum Gasteiger partial charge on any atom is 0.282 e. The predicted octanol–water partition coefficient (Wildman–Crippen LogP) is 3.18. The lowest BCUT2D eigenvalue weighted by Gasteiger charge is -2.02. The van der Waals surface area contributed by atoms with Gasteiger partial charge in [-0.3, -0.25) is 9.78 Å². The summed E-state index contributed by atoms with van der Waals surface area (Å²) < 4.78 is 1.37. The highest BCUT2D eigenvalue weighted by molar-refractivity contribution is 6.31. The summed E-state index contributed by atoms with van der Waals surface area (Å²) in [5.41, 5.74) is 3.37. The topological polar surface area (TPSA) is 63.6 Å². The summed E-state index contributed by atoms with van der Waals surface area (Å²) in [5, 5.41) is 5.89. The van der Waals surface area contributed by atoms with E-state index in [0.29, 0.717) is 22.0 Å². The van der Waals surface area contributed by atoms with E-state index in [1.165, 1.54) is 4.68 Å². The summed E-state index contributed by atoms with van der Waals surface area (Å²) in [4.78, 5) is 19.9. The van der Waals surface area contributed by atoms with Crippen molar-refractivity contribution in [2.45, 2.75) is 6.92 Å². The van der Waals surface area contributed by atoms with Crippen molar-refractivity contribution in [3.05, 3.63) is 63.8 Å². The Morgan fingerprint density at radius 2 is 2.09 bits per heavy atom. The number of nitrogens with zero attached hydrogens (tertiary/aromatic N) is 3. The van der Waals surface area contributed by atoms with E-state index < -0.39 is 0 Å². The van der Waals surface area contributed by atoms with Gasteiger partial charge in [0.05, 0.1) is 17.4 Å². The Labute approximate surface area is 130 Å². The van der Waals surface area contributed by atoms with Gasteiger partial charge in [-0.2, -0.15) is 9.78 Å². The number of H-pyrrole nitrogens is 1. The Morgan fingerprint density at radius 3 is 2.86 bits per heavy atom. The molecule has 0 fully saturated rings. The molecule has 0 radical (unpaired) electrons. The van der Waals surface area contributed by atoms with Crippen molar-refractivity contribution in [2.24, 2.45) is 0 Å². The molecule has 0 bridgehead atoms. The molecule has 2 aromatic rings. The molecule has 0 aliphatic carbocycles. The Hall–Kier alpha value is -2.66. The first-order valence-corrected chi connectivity index (χ1v) is 7.14. The van der Waals surface area contributed by atoms with Crippen LogP contribution in [0.1, 0.15) is 5.69 Å². The highest BCUT2D eigenvalue weighted by atomic mass is 35.5. The van der Waals surface area contributed by atoms with Crippen molar-refractivity contribution in [1.29, 1.82) is 0 Å². The number of nitrogens with one attached hydrogen (secondary N) is 1. The molecule has 6 heteroatoms. The highest BCUT2D eigenvalue weighted by Crippen LogP contribution is 2.28. The van der Waals surface area contributed by atoms with Crippen LogP contribution in [0, 0.1) is 6.92 Å². The average Bonchev–Trinajstić information content (AvgIpc) is 2.86. The zero-order valence-corrected chi connectivity index (χ0v) is 12.4. The standard InChI is InChI=1S/C16H11ClN4O/c1-9-2-4-11(7-18-9)21-16(22)13-8-19-14-5-3-10(17)6-12(14)15(13)20-21/h2-8,19H,1H3. The molecule has 0 saturated heterocycles. The molecule has 0 saturated carbocycles. The number of aromatic nitrogens is 4. The van der Waals surface area contributed by atoms with Crippen LogP contribution >= 0.6 is 11.6 Å². The largest absolute Gasteiger partial charge is 0.360 e. The smallest absolute Gasteiger partial charge is 0.282 e. The maximum atomic E-state index is 12.6. The van der Waals surface area contributed by atoms with Crippen LogP contribution in [0.15, 0.2) is 47.5 Å². The van der Waals surface area contributed by atoms with E-state index >= 15 is 0 Å². The average molecular weight is 311 g/mol. The molecule has 0 amide bonds. The molecule has 108 valence electrons. The van der Waals surface area contributed by atoms with E-state index in [0.717, 1.165) is 16.6 Å². The lowest BCUT2D eigenvalue weighted by molar-refractivity contribution is 0.851. The molecule has 1 aromatic heterocycles. The monoisotopic (exact) mass is 310 g/mol. The highest BCUT2D eigenvalue weighted by Gasteiger charge is 2.19. The second-order valence-corrected chi connectivity index (χ2v) is 5.55. The van der Waals surface area contributed by atoms with Gasteiger partial charge in [-0.25, -0.2) is 0 Å². The Morgan fingerprint density at radius 1 is 1.23 bits per heavy atom. The third-order valence-electron chi connectivity index (χ3n) is 3.63. The van der Waals surface area contributed by atoms with Crippen LogP contribution in [0.25, 0.3) is 27.8 Å². The van der Waals surface area contributed by atoms with E-state index in [2.05, 4.69) is 15.1 Å². The molecule has 1 aromatic carbocycles. The molecule has 3 heterocycles. The van der Waals surface area contributed by atoms with Crippen molar-refractivity contribution >= 4 is 22.5 Å². The zero-order chi connectivity index (χ0) is 15.3. The van der Waals surface area contributed by atoms with Gasteiger partial charge >= 0.3 is 0 Å². The second-order valence-electron chi connectivity index (χ2n) is 5.12. The molecule has 0 atom stereocenters. The molecule has 2 aliphatic heterocycles. The number of halogens is 1. The number of hydrogen-bond acceptors (Lipinski definition) is 3. The summed E-state index contributed by atoms with van der Waals surface area (Å²) in [6.45, 7) is 1.89. The predicted molar refractivity (Wildman–Crippen MR) is 85.9 cm³/mol. The Bertz CT molecular complexity index is 1020. The Balaban J connectivity index is 2.05. The lowest BCUT2D eigenvalue weighted by Crippen LogP contribution is -2.14. The van der Waals surface area contributed by atoms with Gasteiger partial charge in [0.2, 0.25) is 0 Å². The molecule has 2 aliphatic rings. The first kappa shape index (κ1) is 13.0. The summed E-state index contributed by atoms with van der Waals surface area (Å²) >= 11 is 6.06. The van der Waals surface area contributed by atoms with Gasteiger partial charge in [0.1, 0.15) is 5.69 Å². The van der Waals surface area contributed by atoms with Gasteiger partial charge < -0.3 is 4.98 Å². The van der Waals surface area contributed by atoms with Crippen molar-refractivity contribution < 1.29 is 0 Å². The number of rotatable bonds is 1. The maximum absolute atomic E-state index is 12.6. The molecular weight excluding hydrogens is 300 g/mol. The van der Waals surface area contributed by atoms with E-state index in [1.54, 1.807) is 24.5 Å². The van der Waals surface area contributed by atoms with Gasteiger partial charge in [-0.05, 0) is 37.3 Å². The number of aromatic amines is 1. The minimum absolute atomic E-state index is 0.182. The van der Waals surface area contributed by atoms with Crippen molar-refractivity contribution in [2.75, 3.05) is 0 Å². The molecular formula is C16H11ClN4O. The normalized spacial score (nSPS) is 11.4. The SMILES string of the molecule is Cc1ccc(-n2nc3c4cc(Cl)ccc4[nH]cc-3c2=O)cn1. The van der Waals surface area contributed by atoms with Crippen LogP contribution in [-0.4, -0.2) is 19.7 Å². The fourth-order valence-electron chi connectivity index (χ4n) is 2.49. The number of fused-ring (bicyclic) bond motifs is 3. The van der Waals surface area contributed by atoms with Gasteiger partial charge in [-0.15, -0.1) is 0 Å². The number of aryl methyl sites for hydroxylation is 1. The van der Waals surface area contributed by atoms with E-state index in [4.69, 9.17) is 11.6 Å². The van der Waals surface area contributed by atoms with Crippen molar-refractivity contribution in [3.63, 3.8) is 0 Å². The van der Waals surface area contributed by atoms with Crippen LogP contribution in [-0.2, 0) is 0 Å². The third-order valence-corrected chi connectivity index (χ3v) is 3.86. The van der Waals surface area contributed by atoms with Gasteiger partial charge in [0.25, 0.3) is 5.56 Å². The van der Waals surface area contributed by atoms with Crippen LogP contribution in [0.5, 0.6) is 0 Å². The molecule has 5 nitrogen and oxygen atoms in total. The third kappa shape index (κ3) is 1.90. The second kappa shape index (κ2) is 4.68. The van der Waals surface area contributed by atoms with Crippen LogP contribution in [0.2, 0.25) is 5.02 Å². The van der Waals surface area contributed by atoms with Crippen LogP contribution < -0.4 is 5.56 Å². The quantitative estimate of drug-likeness (QED) is 0.587. The fraction of sp³-hybridized carbons (Fsp3) is 0.0625. The van der Waals surface area contributed by atoms with E-state index in [9.17, 15) is 4.79 Å². The fourth-order valence-corrected chi connectivity index (χ4v) is 2.66. The number of hydrogen-bond donors (Lipinski definition) is 1. The number of benzene rings is 1. The molecule has 22 heavy (non-hydrogen) atoms. The van der Waals surface area contributed by atoms with Crippen molar-refractivity contribution in [3.8, 4) is 16.9 Å². The van der Waals surface area contributed by atoms with Crippen LogP contribution in [0.3, 0.4) is 0 Å². The van der Waals surface area contributed by atoms with Crippen molar-refractivity contribution in [1.82, 2.24) is 19.7 Å². The first-order valence-electron chi connectivity index (χ1n) is 6.76. The molecule has 4 rings (SSSR count). The van der Waals surface area contributed by atoms with Crippen LogP contribution in [0.4, 0.5) is 0 Å². The van der Waals surface area contributed by atoms with E-state index in [1.807, 2.05) is 25.1 Å². The Kier molecular flexibility index (Phi) is 2.77. The molecule has 0 unspecified atom stereocenters. The minimum atomic E-state index is -0.182. The number of pyridine rings is 2. The minimum Gasteiger partial charge on any atom is -0.360 e. The molecule has 0 spiro atoms. The van der Waals surface area contributed by atoms with Gasteiger partial charge in [-0.1, -0.05) is 11.6 Å².